The average Bonchev–Trinajstić information content (AvgIpc) is 2.92. The number of aliphatic imine (C=N–C) groups is 1. The Balaban J connectivity index is 1.55. The Morgan fingerprint density at radius 1 is 1.21 bits per heavy atom. The standard InChI is InChI=1S/C16H22N4O4/c17-15(21)13-5-3-11(24-13)9-19-16(18)20-10-2-4-12-14(8-10)23-7-1-6-22-12/h2,4,8,11,13H,1,3,5-7,9H2,(H2,17,21)(H3,18,19,20). The third-order valence-electron chi connectivity index (χ3n) is 3.91. The number of anilines is 1. The molecule has 0 aromatic heterocycles. The van der Waals surface area contributed by atoms with Crippen molar-refractivity contribution >= 4 is 17.6 Å². The van der Waals surface area contributed by atoms with Gasteiger partial charge in [-0.2, -0.15) is 0 Å². The van der Waals surface area contributed by atoms with Crippen LogP contribution in [0.3, 0.4) is 0 Å². The van der Waals surface area contributed by atoms with Gasteiger partial charge in [-0.05, 0) is 25.0 Å². The van der Waals surface area contributed by atoms with Crippen LogP contribution >= 0.6 is 0 Å². The van der Waals surface area contributed by atoms with Crippen LogP contribution in [0, 0.1) is 0 Å². The van der Waals surface area contributed by atoms with Crippen LogP contribution in [0.25, 0.3) is 0 Å². The SMILES string of the molecule is NC(=O)C1CCC(CN=C(N)Nc2ccc3c(c2)OCCCO3)O1. The molecule has 0 bridgehead atoms. The maximum atomic E-state index is 11.1. The minimum atomic E-state index is -0.513. The second-order valence-electron chi connectivity index (χ2n) is 5.79. The molecule has 2 aliphatic heterocycles. The molecule has 1 aromatic carbocycles. The van der Waals surface area contributed by atoms with Crippen LogP contribution in [0.1, 0.15) is 19.3 Å². The van der Waals surface area contributed by atoms with Crippen molar-refractivity contribution in [3.05, 3.63) is 18.2 Å². The van der Waals surface area contributed by atoms with Crippen LogP contribution < -0.4 is 26.3 Å². The van der Waals surface area contributed by atoms with E-state index in [1.807, 2.05) is 18.2 Å². The van der Waals surface area contributed by atoms with Crippen molar-refractivity contribution in [2.24, 2.45) is 16.5 Å². The zero-order valence-corrected chi connectivity index (χ0v) is 13.4. The van der Waals surface area contributed by atoms with E-state index in [1.54, 1.807) is 0 Å². The lowest BCUT2D eigenvalue weighted by molar-refractivity contribution is -0.128. The van der Waals surface area contributed by atoms with Gasteiger partial charge in [0.1, 0.15) is 6.10 Å². The summed E-state index contributed by atoms with van der Waals surface area (Å²) < 4.78 is 16.7. The fourth-order valence-corrected chi connectivity index (χ4v) is 2.68. The lowest BCUT2D eigenvalue weighted by Gasteiger charge is -2.12. The molecule has 0 radical (unpaired) electrons. The molecule has 0 aliphatic carbocycles. The highest BCUT2D eigenvalue weighted by atomic mass is 16.5. The predicted molar refractivity (Wildman–Crippen MR) is 89.3 cm³/mol. The summed E-state index contributed by atoms with van der Waals surface area (Å²) in [6, 6.07) is 5.52. The van der Waals surface area contributed by atoms with E-state index in [1.165, 1.54) is 0 Å². The molecule has 2 atom stereocenters. The zero-order chi connectivity index (χ0) is 16.9. The summed E-state index contributed by atoms with van der Waals surface area (Å²) in [7, 11) is 0. The number of nitrogens with one attached hydrogen (secondary N) is 1. The van der Waals surface area contributed by atoms with Gasteiger partial charge in [-0.3, -0.25) is 9.79 Å². The lowest BCUT2D eigenvalue weighted by atomic mass is 10.2. The number of carbonyl (C=O) groups excluding carboxylic acids is 1. The molecule has 2 heterocycles. The molecule has 2 unspecified atom stereocenters. The highest BCUT2D eigenvalue weighted by Gasteiger charge is 2.28. The molecule has 2 aliphatic rings. The lowest BCUT2D eigenvalue weighted by Crippen LogP contribution is -2.29. The summed E-state index contributed by atoms with van der Waals surface area (Å²) >= 11 is 0. The van der Waals surface area contributed by atoms with Crippen molar-refractivity contribution in [3.63, 3.8) is 0 Å². The number of benzene rings is 1. The molecule has 24 heavy (non-hydrogen) atoms. The number of guanidine groups is 1. The van der Waals surface area contributed by atoms with Gasteiger partial charge >= 0.3 is 0 Å². The van der Waals surface area contributed by atoms with Crippen LogP contribution in [-0.2, 0) is 9.53 Å². The normalized spacial score (nSPS) is 23.6. The van der Waals surface area contributed by atoms with E-state index in [2.05, 4.69) is 10.3 Å². The topological polar surface area (TPSA) is 121 Å². The minimum absolute atomic E-state index is 0.133. The molecule has 0 saturated carbocycles. The van der Waals surface area contributed by atoms with Gasteiger partial charge in [-0.25, -0.2) is 0 Å². The van der Waals surface area contributed by atoms with Gasteiger partial charge in [0.2, 0.25) is 5.91 Å². The molecule has 1 amide bonds. The number of ether oxygens (including phenoxy) is 3. The van der Waals surface area contributed by atoms with Gasteiger partial charge in [0.25, 0.3) is 0 Å². The first-order chi connectivity index (χ1) is 11.6. The van der Waals surface area contributed by atoms with Crippen LogP contribution in [-0.4, -0.2) is 43.8 Å². The van der Waals surface area contributed by atoms with Crippen molar-refractivity contribution in [2.45, 2.75) is 31.5 Å². The van der Waals surface area contributed by atoms with Crippen LogP contribution in [0.4, 0.5) is 5.69 Å². The first-order valence-corrected chi connectivity index (χ1v) is 8.03. The van der Waals surface area contributed by atoms with Crippen molar-refractivity contribution in [2.75, 3.05) is 25.1 Å². The molecular weight excluding hydrogens is 312 g/mol. The van der Waals surface area contributed by atoms with Crippen LogP contribution in [0.5, 0.6) is 11.5 Å². The van der Waals surface area contributed by atoms with Gasteiger partial charge < -0.3 is 31.0 Å². The van der Waals surface area contributed by atoms with E-state index in [4.69, 9.17) is 25.7 Å². The van der Waals surface area contributed by atoms with Crippen molar-refractivity contribution in [1.82, 2.24) is 0 Å². The van der Waals surface area contributed by atoms with E-state index in [0.717, 1.165) is 24.3 Å². The van der Waals surface area contributed by atoms with Gasteiger partial charge in [0, 0.05) is 18.2 Å². The molecule has 1 aromatic rings. The second-order valence-corrected chi connectivity index (χ2v) is 5.79. The zero-order valence-electron chi connectivity index (χ0n) is 13.4. The minimum Gasteiger partial charge on any atom is -0.490 e. The molecule has 1 fully saturated rings. The predicted octanol–water partition coefficient (Wildman–Crippen LogP) is 0.607. The quantitative estimate of drug-likeness (QED) is 0.548. The van der Waals surface area contributed by atoms with Crippen molar-refractivity contribution < 1.29 is 19.0 Å². The first-order valence-electron chi connectivity index (χ1n) is 8.03. The Morgan fingerprint density at radius 2 is 2.00 bits per heavy atom. The van der Waals surface area contributed by atoms with Gasteiger partial charge in [0.05, 0.1) is 25.9 Å². The number of fused-ring (bicyclic) bond motifs is 1. The number of rotatable bonds is 4. The van der Waals surface area contributed by atoms with Crippen molar-refractivity contribution in [1.29, 1.82) is 0 Å². The third-order valence-corrected chi connectivity index (χ3v) is 3.91. The van der Waals surface area contributed by atoms with E-state index >= 15 is 0 Å². The molecule has 3 rings (SSSR count). The summed E-state index contributed by atoms with van der Waals surface area (Å²) in [5, 5.41) is 3.02. The van der Waals surface area contributed by atoms with E-state index < -0.39 is 12.0 Å². The Hall–Kier alpha value is -2.48. The third kappa shape index (κ3) is 4.08. The fraction of sp³-hybridized carbons (Fsp3) is 0.500. The molecule has 8 heteroatoms. The smallest absolute Gasteiger partial charge is 0.246 e. The molecule has 1 saturated heterocycles. The molecule has 8 nitrogen and oxygen atoms in total. The van der Waals surface area contributed by atoms with E-state index in [0.29, 0.717) is 31.9 Å². The number of hydrogen-bond donors (Lipinski definition) is 3. The highest BCUT2D eigenvalue weighted by Crippen LogP contribution is 2.32. The van der Waals surface area contributed by atoms with Crippen molar-refractivity contribution in [3.8, 4) is 11.5 Å². The number of amides is 1. The summed E-state index contributed by atoms with van der Waals surface area (Å²) in [5.74, 6) is 1.26. The largest absolute Gasteiger partial charge is 0.490 e. The molecular formula is C16H22N4O4. The highest BCUT2D eigenvalue weighted by molar-refractivity contribution is 5.92. The molecule has 0 spiro atoms. The van der Waals surface area contributed by atoms with E-state index in [9.17, 15) is 4.79 Å². The Bertz CT molecular complexity index is 635. The molecule has 5 N–H and O–H groups in total. The number of hydrogen-bond acceptors (Lipinski definition) is 5. The second kappa shape index (κ2) is 7.39. The average molecular weight is 334 g/mol. The number of primary amides is 1. The monoisotopic (exact) mass is 334 g/mol. The Kier molecular flexibility index (Phi) is 5.05. The Morgan fingerprint density at radius 3 is 2.75 bits per heavy atom. The first kappa shape index (κ1) is 16.4. The number of nitrogens with zero attached hydrogens (tertiary/aromatic N) is 1. The van der Waals surface area contributed by atoms with Gasteiger partial charge in [-0.15, -0.1) is 0 Å². The number of carbonyl (C=O) groups is 1. The maximum Gasteiger partial charge on any atom is 0.246 e. The summed E-state index contributed by atoms with van der Waals surface area (Å²) in [6.45, 7) is 1.66. The summed E-state index contributed by atoms with van der Waals surface area (Å²) in [4.78, 5) is 15.3. The van der Waals surface area contributed by atoms with Crippen LogP contribution in [0.15, 0.2) is 23.2 Å². The molecule has 130 valence electrons. The summed E-state index contributed by atoms with van der Waals surface area (Å²) in [5.41, 5.74) is 11.9. The van der Waals surface area contributed by atoms with Gasteiger partial charge in [-0.1, -0.05) is 0 Å². The van der Waals surface area contributed by atoms with E-state index in [-0.39, 0.29) is 12.1 Å². The Labute approximate surface area is 140 Å². The number of nitrogens with two attached hydrogens (primary N) is 2. The van der Waals surface area contributed by atoms with Crippen LogP contribution in [0.2, 0.25) is 0 Å². The fourth-order valence-electron chi connectivity index (χ4n) is 2.68. The van der Waals surface area contributed by atoms with Gasteiger partial charge in [0.15, 0.2) is 17.5 Å². The summed E-state index contributed by atoms with van der Waals surface area (Å²) in [6.07, 6.45) is 1.58. The maximum absolute atomic E-state index is 11.1.